The molecule has 10 nitrogen and oxygen atoms in total. The Morgan fingerprint density at radius 1 is 0.696 bits per heavy atom. The number of carbonyl (C=O) groups excluding carboxylic acids is 1. The van der Waals surface area contributed by atoms with Crippen LogP contribution in [0.3, 0.4) is 0 Å². The fraction of sp³-hybridized carbons (Fsp3) is 0.214. The minimum atomic E-state index is -4.76. The molecule has 0 saturated carbocycles. The molecule has 0 amide bonds. The minimum absolute atomic E-state index is 0. The number of halogens is 8. The zero-order chi connectivity index (χ0) is 33.6. The van der Waals surface area contributed by atoms with Crippen LogP contribution in [-0.4, -0.2) is 50.0 Å². The van der Waals surface area contributed by atoms with Gasteiger partial charge in [0.1, 0.15) is 23.1 Å². The van der Waals surface area contributed by atoms with Crippen molar-refractivity contribution in [2.45, 2.75) is 39.4 Å². The van der Waals surface area contributed by atoms with E-state index in [2.05, 4.69) is 29.9 Å². The van der Waals surface area contributed by atoms with Gasteiger partial charge >= 0.3 is 18.7 Å². The van der Waals surface area contributed by atoms with Crippen LogP contribution in [0.2, 0.25) is 10.3 Å². The molecule has 0 fully saturated rings. The molecule has 2 heterocycles. The maximum Gasteiger partial charge on any atom is 0.573 e. The molecule has 2 aromatic heterocycles. The fourth-order valence-corrected chi connectivity index (χ4v) is 3.34. The van der Waals surface area contributed by atoms with Gasteiger partial charge in [0.15, 0.2) is 10.3 Å². The third-order valence-electron chi connectivity index (χ3n) is 4.74. The number of rotatable bonds is 8. The SMILES string of the molecule is C.Nc1ccc(Cl)nn1.O=C(Cc1cccc(OC(F)(F)F)c1)Cc1ccc(Cl)nn1.O=C(O)Cc1cccc(OC(F)(F)F)c1. The highest BCUT2D eigenvalue weighted by molar-refractivity contribution is 6.29. The predicted octanol–water partition coefficient (Wildman–Crippen LogP) is 6.94. The highest BCUT2D eigenvalue weighted by atomic mass is 35.5. The summed E-state index contributed by atoms with van der Waals surface area (Å²) in [5.41, 5.74) is 6.31. The summed E-state index contributed by atoms with van der Waals surface area (Å²) >= 11 is 11.0. The fourth-order valence-electron chi connectivity index (χ4n) is 3.14. The van der Waals surface area contributed by atoms with Crippen molar-refractivity contribution in [3.8, 4) is 11.5 Å². The van der Waals surface area contributed by atoms with Crippen molar-refractivity contribution >= 4 is 40.8 Å². The van der Waals surface area contributed by atoms with E-state index in [1.807, 2.05) is 0 Å². The topological polar surface area (TPSA) is 150 Å². The van der Waals surface area contributed by atoms with E-state index >= 15 is 0 Å². The van der Waals surface area contributed by atoms with Gasteiger partial charge in [0.2, 0.25) is 0 Å². The van der Waals surface area contributed by atoms with Gasteiger partial charge in [-0.05, 0) is 59.7 Å². The van der Waals surface area contributed by atoms with E-state index in [1.54, 1.807) is 24.3 Å². The maximum atomic E-state index is 12.1. The lowest BCUT2D eigenvalue weighted by Crippen LogP contribution is -2.17. The number of carboxylic acid groups (broad SMARTS) is 1. The zero-order valence-corrected chi connectivity index (χ0v) is 24.0. The van der Waals surface area contributed by atoms with Crippen LogP contribution < -0.4 is 15.2 Å². The summed E-state index contributed by atoms with van der Waals surface area (Å²) in [5, 5.41) is 23.3. The average molecular weight is 696 g/mol. The highest BCUT2D eigenvalue weighted by Gasteiger charge is 2.31. The number of carboxylic acids is 1. The Hall–Kier alpha value is -4.70. The summed E-state index contributed by atoms with van der Waals surface area (Å²) in [6.07, 6.45) is -9.87. The number of hydrogen-bond acceptors (Lipinski definition) is 9. The molecule has 0 bridgehead atoms. The number of aromatic nitrogens is 4. The van der Waals surface area contributed by atoms with E-state index in [4.69, 9.17) is 34.0 Å². The van der Waals surface area contributed by atoms with Crippen molar-refractivity contribution in [3.05, 3.63) is 99.9 Å². The predicted molar refractivity (Wildman–Crippen MR) is 155 cm³/mol. The number of ether oxygens (including phenoxy) is 2. The smallest absolute Gasteiger partial charge is 0.481 e. The van der Waals surface area contributed by atoms with Gasteiger partial charge in [-0.25, -0.2) is 0 Å². The second kappa shape index (κ2) is 18.3. The Balaban J connectivity index is 0.000000380. The molecule has 0 aliphatic rings. The van der Waals surface area contributed by atoms with Gasteiger partial charge < -0.3 is 20.3 Å². The minimum Gasteiger partial charge on any atom is -0.481 e. The normalized spacial score (nSPS) is 10.6. The molecule has 248 valence electrons. The van der Waals surface area contributed by atoms with Gasteiger partial charge in [0.25, 0.3) is 0 Å². The van der Waals surface area contributed by atoms with Gasteiger partial charge in [-0.15, -0.1) is 41.6 Å². The number of alkyl halides is 6. The van der Waals surface area contributed by atoms with Crippen LogP contribution >= 0.6 is 23.2 Å². The van der Waals surface area contributed by atoms with Crippen LogP contribution in [0, 0.1) is 0 Å². The second-order valence-electron chi connectivity index (χ2n) is 8.48. The number of nitrogen functional groups attached to an aromatic ring is 1. The van der Waals surface area contributed by atoms with Gasteiger partial charge in [0.05, 0.1) is 18.5 Å². The first-order valence-corrected chi connectivity index (χ1v) is 12.9. The van der Waals surface area contributed by atoms with Crippen molar-refractivity contribution in [2.24, 2.45) is 0 Å². The molecule has 0 spiro atoms. The van der Waals surface area contributed by atoms with Gasteiger partial charge in [-0.1, -0.05) is 54.9 Å². The molecular formula is C28H25Cl2F6N5O5. The van der Waals surface area contributed by atoms with Crippen molar-refractivity contribution in [1.29, 1.82) is 0 Å². The number of aliphatic carboxylic acids is 1. The molecular weight excluding hydrogens is 671 g/mol. The molecule has 18 heteroatoms. The van der Waals surface area contributed by atoms with Crippen molar-refractivity contribution in [2.75, 3.05) is 5.73 Å². The van der Waals surface area contributed by atoms with E-state index < -0.39 is 24.4 Å². The largest absolute Gasteiger partial charge is 0.573 e. The first-order chi connectivity index (χ1) is 21.0. The Bertz CT molecular complexity index is 1520. The first-order valence-electron chi connectivity index (χ1n) is 12.1. The molecule has 46 heavy (non-hydrogen) atoms. The summed E-state index contributed by atoms with van der Waals surface area (Å²) < 4.78 is 79.3. The Morgan fingerprint density at radius 2 is 1.17 bits per heavy atom. The van der Waals surface area contributed by atoms with Crippen molar-refractivity contribution in [1.82, 2.24) is 20.4 Å². The number of nitrogens with two attached hydrogens (primary N) is 1. The zero-order valence-electron chi connectivity index (χ0n) is 22.5. The van der Waals surface area contributed by atoms with E-state index in [0.29, 0.717) is 22.2 Å². The molecule has 4 rings (SSSR count). The number of hydrogen-bond donors (Lipinski definition) is 2. The number of carbonyl (C=O) groups is 2. The standard InChI is InChI=1S/C14H10ClF3N2O2.C9H7F3O3.C4H4ClN3.CH4/c15-13-5-4-10(19-20-13)8-11(21)6-9-2-1-3-12(7-9)22-14(16,17)18;10-9(11,12)15-7-3-1-2-6(4-7)5-8(13)14;5-3-1-2-4(6)8-7-3;/h1-5,7H,6,8H2;1-4H,5H2,(H,13,14);1-2H,(H2,6,8);1H4. The first kappa shape index (κ1) is 39.3. The molecule has 0 unspecified atom stereocenters. The second-order valence-corrected chi connectivity index (χ2v) is 9.26. The number of nitrogens with zero attached hydrogens (tertiary/aromatic N) is 4. The number of ketones is 1. The molecule has 3 N–H and O–H groups in total. The van der Waals surface area contributed by atoms with Crippen LogP contribution in [0.1, 0.15) is 24.2 Å². The average Bonchev–Trinajstić information content (AvgIpc) is 2.90. The molecule has 0 aliphatic heterocycles. The van der Waals surface area contributed by atoms with E-state index in [0.717, 1.165) is 12.1 Å². The lowest BCUT2D eigenvalue weighted by Gasteiger charge is -2.09. The van der Waals surface area contributed by atoms with Crippen molar-refractivity contribution in [3.63, 3.8) is 0 Å². The monoisotopic (exact) mass is 695 g/mol. The Morgan fingerprint density at radius 3 is 1.57 bits per heavy atom. The van der Waals surface area contributed by atoms with Crippen LogP contribution in [0.5, 0.6) is 11.5 Å². The maximum absolute atomic E-state index is 12.1. The molecule has 2 aromatic carbocycles. The summed E-state index contributed by atoms with van der Waals surface area (Å²) in [5.74, 6) is -1.71. The summed E-state index contributed by atoms with van der Waals surface area (Å²) in [7, 11) is 0. The van der Waals surface area contributed by atoms with Crippen LogP contribution in [0.25, 0.3) is 0 Å². The molecule has 0 atom stereocenters. The third-order valence-corrected chi connectivity index (χ3v) is 5.14. The van der Waals surface area contributed by atoms with Crippen molar-refractivity contribution < 1.29 is 50.5 Å². The van der Waals surface area contributed by atoms with Gasteiger partial charge in [-0.2, -0.15) is 5.10 Å². The van der Waals surface area contributed by atoms with Gasteiger partial charge in [0, 0.05) is 6.42 Å². The summed E-state index contributed by atoms with van der Waals surface area (Å²) in [6, 6.07) is 16.4. The Labute approximate surface area is 268 Å². The highest BCUT2D eigenvalue weighted by Crippen LogP contribution is 2.24. The number of Topliss-reactive ketones (excluding diaryl/α,β-unsaturated/α-hetero) is 1. The summed E-state index contributed by atoms with van der Waals surface area (Å²) in [6.45, 7) is 0. The Kier molecular flexibility index (Phi) is 15.7. The number of anilines is 1. The third kappa shape index (κ3) is 17.6. The van der Waals surface area contributed by atoms with Gasteiger partial charge in [-0.3, -0.25) is 9.59 Å². The molecule has 4 aromatic rings. The lowest BCUT2D eigenvalue weighted by atomic mass is 10.1. The lowest BCUT2D eigenvalue weighted by molar-refractivity contribution is -0.275. The molecule has 0 saturated heterocycles. The molecule has 0 radical (unpaired) electrons. The van der Waals surface area contributed by atoms with Crippen LogP contribution in [0.15, 0.2) is 72.8 Å². The summed E-state index contributed by atoms with van der Waals surface area (Å²) in [4.78, 5) is 22.2. The van der Waals surface area contributed by atoms with Crippen LogP contribution in [0.4, 0.5) is 32.2 Å². The number of benzene rings is 2. The quantitative estimate of drug-likeness (QED) is 0.186. The molecule has 0 aliphatic carbocycles. The van der Waals surface area contributed by atoms with E-state index in [-0.39, 0.29) is 48.9 Å². The van der Waals surface area contributed by atoms with E-state index in [1.165, 1.54) is 36.4 Å². The van der Waals surface area contributed by atoms with Crippen LogP contribution in [-0.2, 0) is 28.9 Å². The van der Waals surface area contributed by atoms with E-state index in [9.17, 15) is 35.9 Å².